The van der Waals surface area contributed by atoms with Crippen LogP contribution in [0.1, 0.15) is 12.8 Å². The van der Waals surface area contributed by atoms with Gasteiger partial charge in [-0.3, -0.25) is 0 Å². The van der Waals surface area contributed by atoms with E-state index >= 15 is 0 Å². The van der Waals surface area contributed by atoms with Crippen LogP contribution >= 0.6 is 12.4 Å². The first-order chi connectivity index (χ1) is 6.74. The highest BCUT2D eigenvalue weighted by atomic mass is 35.5. The highest BCUT2D eigenvalue weighted by Crippen LogP contribution is 2.15. The van der Waals surface area contributed by atoms with Crippen molar-refractivity contribution in [3.63, 3.8) is 0 Å². The van der Waals surface area contributed by atoms with Gasteiger partial charge in [0.1, 0.15) is 5.75 Å². The molecule has 2 N–H and O–H groups in total. The van der Waals surface area contributed by atoms with Gasteiger partial charge >= 0.3 is 0 Å². The number of benzene rings is 1. The molecule has 0 saturated carbocycles. The van der Waals surface area contributed by atoms with Crippen LogP contribution in [0.2, 0.25) is 0 Å². The third-order valence-electron chi connectivity index (χ3n) is 1.76. The van der Waals surface area contributed by atoms with E-state index in [1.165, 1.54) is 6.07 Å². The molecule has 1 rings (SSSR count). The van der Waals surface area contributed by atoms with Crippen molar-refractivity contribution in [1.29, 1.82) is 0 Å². The van der Waals surface area contributed by atoms with Crippen molar-refractivity contribution in [1.82, 2.24) is 0 Å². The highest BCUT2D eigenvalue weighted by molar-refractivity contribution is 5.85. The van der Waals surface area contributed by atoms with E-state index in [-0.39, 0.29) is 12.4 Å². The lowest BCUT2D eigenvalue weighted by Crippen LogP contribution is -2.03. The summed E-state index contributed by atoms with van der Waals surface area (Å²) < 4.78 is 30.4. The van der Waals surface area contributed by atoms with Crippen molar-refractivity contribution in [3.8, 4) is 5.75 Å². The molecule has 1 aromatic carbocycles. The van der Waals surface area contributed by atoms with Gasteiger partial charge in [-0.15, -0.1) is 12.4 Å². The number of nitrogens with two attached hydrogens (primary N) is 1. The number of halogens is 3. The Hall–Kier alpha value is -0.870. The predicted octanol–water partition coefficient (Wildman–Crippen LogP) is 2.50. The van der Waals surface area contributed by atoms with Gasteiger partial charge in [-0.2, -0.15) is 0 Å². The quantitative estimate of drug-likeness (QED) is 0.799. The molecule has 0 spiro atoms. The van der Waals surface area contributed by atoms with E-state index in [9.17, 15) is 8.78 Å². The Labute approximate surface area is 93.8 Å². The Morgan fingerprint density at radius 1 is 1.13 bits per heavy atom. The van der Waals surface area contributed by atoms with Crippen LogP contribution in [0.4, 0.5) is 8.78 Å². The van der Waals surface area contributed by atoms with Crippen molar-refractivity contribution >= 4 is 12.4 Å². The molecule has 0 aliphatic heterocycles. The SMILES string of the molecule is Cl.NCCCCOc1ccc(F)c(F)c1. The predicted molar refractivity (Wildman–Crippen MR) is 57.4 cm³/mol. The first-order valence-corrected chi connectivity index (χ1v) is 4.52. The van der Waals surface area contributed by atoms with Crippen LogP contribution in [0.3, 0.4) is 0 Å². The molecule has 86 valence electrons. The van der Waals surface area contributed by atoms with E-state index in [0.717, 1.165) is 25.0 Å². The summed E-state index contributed by atoms with van der Waals surface area (Å²) in [6, 6.07) is 3.49. The Kier molecular flexibility index (Phi) is 6.99. The smallest absolute Gasteiger partial charge is 0.162 e. The van der Waals surface area contributed by atoms with Crippen molar-refractivity contribution in [3.05, 3.63) is 29.8 Å². The standard InChI is InChI=1S/C10H13F2NO.ClH/c11-9-4-3-8(7-10(9)12)14-6-2-1-5-13;/h3-4,7H,1-2,5-6,13H2;1H. The summed E-state index contributed by atoms with van der Waals surface area (Å²) in [6.45, 7) is 1.09. The molecule has 2 nitrogen and oxygen atoms in total. The maximum atomic E-state index is 12.7. The molecule has 0 aliphatic carbocycles. The van der Waals surface area contributed by atoms with Gasteiger partial charge in [-0.25, -0.2) is 8.78 Å². The van der Waals surface area contributed by atoms with Crippen LogP contribution in [0.25, 0.3) is 0 Å². The summed E-state index contributed by atoms with van der Waals surface area (Å²) in [5, 5.41) is 0. The zero-order valence-corrected chi connectivity index (χ0v) is 9.03. The number of ether oxygens (including phenoxy) is 1. The summed E-state index contributed by atoms with van der Waals surface area (Å²) in [6.07, 6.45) is 1.68. The fourth-order valence-electron chi connectivity index (χ4n) is 1.00. The third-order valence-corrected chi connectivity index (χ3v) is 1.76. The number of hydrogen-bond acceptors (Lipinski definition) is 2. The second kappa shape index (κ2) is 7.43. The lowest BCUT2D eigenvalue weighted by Gasteiger charge is -2.05. The molecular weight excluding hydrogens is 224 g/mol. The van der Waals surface area contributed by atoms with Crippen molar-refractivity contribution < 1.29 is 13.5 Å². The minimum absolute atomic E-state index is 0. The van der Waals surface area contributed by atoms with E-state index in [0.29, 0.717) is 18.9 Å². The van der Waals surface area contributed by atoms with Gasteiger partial charge < -0.3 is 10.5 Å². The summed E-state index contributed by atoms with van der Waals surface area (Å²) in [7, 11) is 0. The molecule has 0 saturated heterocycles. The summed E-state index contributed by atoms with van der Waals surface area (Å²) in [4.78, 5) is 0. The van der Waals surface area contributed by atoms with Gasteiger partial charge in [0.05, 0.1) is 6.61 Å². The van der Waals surface area contributed by atoms with Crippen LogP contribution in [-0.2, 0) is 0 Å². The van der Waals surface area contributed by atoms with E-state index in [4.69, 9.17) is 10.5 Å². The molecular formula is C10H14ClF2NO. The molecule has 15 heavy (non-hydrogen) atoms. The third kappa shape index (κ3) is 4.95. The topological polar surface area (TPSA) is 35.2 Å². The zero-order chi connectivity index (χ0) is 10.4. The summed E-state index contributed by atoms with van der Waals surface area (Å²) >= 11 is 0. The maximum absolute atomic E-state index is 12.7. The average Bonchev–Trinajstić information content (AvgIpc) is 2.18. The molecule has 0 aliphatic rings. The fourth-order valence-corrected chi connectivity index (χ4v) is 1.00. The minimum Gasteiger partial charge on any atom is -0.493 e. The molecule has 0 heterocycles. The summed E-state index contributed by atoms with van der Waals surface area (Å²) in [5.41, 5.74) is 5.29. The van der Waals surface area contributed by atoms with Gasteiger partial charge in [-0.1, -0.05) is 0 Å². The Bertz CT molecular complexity index is 297. The lowest BCUT2D eigenvalue weighted by molar-refractivity contribution is 0.305. The minimum atomic E-state index is -0.888. The highest BCUT2D eigenvalue weighted by Gasteiger charge is 2.02. The van der Waals surface area contributed by atoms with Crippen molar-refractivity contribution in [2.75, 3.05) is 13.2 Å². The second-order valence-corrected chi connectivity index (χ2v) is 2.92. The average molecular weight is 238 g/mol. The Morgan fingerprint density at radius 2 is 1.87 bits per heavy atom. The zero-order valence-electron chi connectivity index (χ0n) is 8.21. The van der Waals surface area contributed by atoms with Crippen molar-refractivity contribution in [2.24, 2.45) is 5.73 Å². The molecule has 0 radical (unpaired) electrons. The first-order valence-electron chi connectivity index (χ1n) is 4.52. The molecule has 5 heteroatoms. The summed E-state index contributed by atoms with van der Waals surface area (Å²) in [5.74, 6) is -1.40. The number of unbranched alkanes of at least 4 members (excludes halogenated alkanes) is 1. The second-order valence-electron chi connectivity index (χ2n) is 2.92. The van der Waals surface area contributed by atoms with E-state index < -0.39 is 11.6 Å². The Morgan fingerprint density at radius 3 is 2.47 bits per heavy atom. The maximum Gasteiger partial charge on any atom is 0.162 e. The van der Waals surface area contributed by atoms with Gasteiger partial charge in [0.25, 0.3) is 0 Å². The van der Waals surface area contributed by atoms with Gasteiger partial charge in [0.15, 0.2) is 11.6 Å². The molecule has 0 fully saturated rings. The van der Waals surface area contributed by atoms with Gasteiger partial charge in [-0.05, 0) is 31.5 Å². The van der Waals surface area contributed by atoms with E-state index in [1.54, 1.807) is 0 Å². The largest absolute Gasteiger partial charge is 0.493 e. The van der Waals surface area contributed by atoms with Crippen LogP contribution in [0.15, 0.2) is 18.2 Å². The molecule has 1 aromatic rings. The van der Waals surface area contributed by atoms with E-state index in [1.807, 2.05) is 0 Å². The fraction of sp³-hybridized carbons (Fsp3) is 0.400. The number of hydrogen-bond donors (Lipinski definition) is 1. The molecule has 0 aromatic heterocycles. The van der Waals surface area contributed by atoms with E-state index in [2.05, 4.69) is 0 Å². The lowest BCUT2D eigenvalue weighted by atomic mass is 10.3. The monoisotopic (exact) mass is 237 g/mol. The normalized spacial score (nSPS) is 9.53. The van der Waals surface area contributed by atoms with Gasteiger partial charge in [0.2, 0.25) is 0 Å². The van der Waals surface area contributed by atoms with Crippen LogP contribution < -0.4 is 10.5 Å². The van der Waals surface area contributed by atoms with Gasteiger partial charge in [0, 0.05) is 6.07 Å². The van der Waals surface area contributed by atoms with Crippen molar-refractivity contribution in [2.45, 2.75) is 12.8 Å². The molecule has 0 amide bonds. The van der Waals surface area contributed by atoms with Crippen LogP contribution in [-0.4, -0.2) is 13.2 Å². The molecule has 0 bridgehead atoms. The first kappa shape index (κ1) is 14.1. The van der Waals surface area contributed by atoms with Crippen LogP contribution in [0, 0.1) is 11.6 Å². The number of rotatable bonds is 5. The van der Waals surface area contributed by atoms with Crippen LogP contribution in [0.5, 0.6) is 5.75 Å². The Balaban J connectivity index is 0.00000196. The molecule has 0 atom stereocenters. The molecule has 0 unspecified atom stereocenters.